The van der Waals surface area contributed by atoms with Crippen molar-refractivity contribution in [2.45, 2.75) is 45.3 Å². The van der Waals surface area contributed by atoms with Crippen LogP contribution in [0, 0.1) is 0 Å². The van der Waals surface area contributed by atoms with Crippen LogP contribution in [0.4, 0.5) is 5.69 Å². The van der Waals surface area contributed by atoms with Crippen LogP contribution in [-0.4, -0.2) is 38.5 Å². The quantitative estimate of drug-likeness (QED) is 0.553. The van der Waals surface area contributed by atoms with Crippen LogP contribution in [0.3, 0.4) is 0 Å². The predicted molar refractivity (Wildman–Crippen MR) is 95.1 cm³/mol. The van der Waals surface area contributed by atoms with E-state index in [1.165, 1.54) is 0 Å². The molecule has 7 heteroatoms. The standard InChI is InChI=1S/C17H26N2O4S/c1-4-24(21,22)9-5-8-18-15-11-17(2,3)23-16-7-6-13(19-12-20)10-14(15)16/h6-7,10,12,15,18H,4-5,8-9,11H2,1-3H3,(H,19,20). The Balaban J connectivity index is 2.09. The van der Waals surface area contributed by atoms with Crippen LogP contribution in [0.5, 0.6) is 5.75 Å². The molecule has 0 aliphatic carbocycles. The molecular weight excluding hydrogens is 328 g/mol. The van der Waals surface area contributed by atoms with E-state index in [2.05, 4.69) is 10.6 Å². The molecule has 1 unspecified atom stereocenters. The molecule has 134 valence electrons. The molecule has 2 rings (SSSR count). The van der Waals surface area contributed by atoms with E-state index in [0.717, 1.165) is 17.7 Å². The van der Waals surface area contributed by atoms with Gasteiger partial charge in [-0.15, -0.1) is 0 Å². The SMILES string of the molecule is CCS(=O)(=O)CCCNC1CC(C)(C)Oc2ccc(NC=O)cc21. The summed E-state index contributed by atoms with van der Waals surface area (Å²) in [5, 5.41) is 6.09. The lowest BCUT2D eigenvalue weighted by Crippen LogP contribution is -2.40. The zero-order valence-electron chi connectivity index (χ0n) is 14.5. The average Bonchev–Trinajstić information content (AvgIpc) is 2.51. The number of fused-ring (bicyclic) bond motifs is 1. The number of amides is 1. The lowest BCUT2D eigenvalue weighted by Gasteiger charge is -2.38. The second-order valence-corrected chi connectivity index (χ2v) is 9.15. The highest BCUT2D eigenvalue weighted by atomic mass is 32.2. The maximum Gasteiger partial charge on any atom is 0.211 e. The van der Waals surface area contributed by atoms with Crippen molar-refractivity contribution in [1.29, 1.82) is 0 Å². The van der Waals surface area contributed by atoms with Crippen LogP contribution in [0.15, 0.2) is 18.2 Å². The molecule has 24 heavy (non-hydrogen) atoms. The van der Waals surface area contributed by atoms with Gasteiger partial charge in [-0.05, 0) is 45.0 Å². The van der Waals surface area contributed by atoms with Gasteiger partial charge in [-0.3, -0.25) is 4.79 Å². The van der Waals surface area contributed by atoms with Crippen molar-refractivity contribution in [3.63, 3.8) is 0 Å². The third-order valence-corrected chi connectivity index (χ3v) is 5.95. The van der Waals surface area contributed by atoms with Gasteiger partial charge in [-0.2, -0.15) is 0 Å². The van der Waals surface area contributed by atoms with Gasteiger partial charge in [0.2, 0.25) is 6.41 Å². The predicted octanol–water partition coefficient (Wildman–Crippen LogP) is 2.27. The summed E-state index contributed by atoms with van der Waals surface area (Å²) in [7, 11) is -2.93. The number of rotatable bonds is 8. The number of sulfone groups is 1. The molecule has 1 aliphatic heterocycles. The first kappa shape index (κ1) is 18.7. The first-order chi connectivity index (χ1) is 11.3. The molecule has 1 atom stereocenters. The smallest absolute Gasteiger partial charge is 0.211 e. The van der Waals surface area contributed by atoms with Crippen molar-refractivity contribution in [2.24, 2.45) is 0 Å². The van der Waals surface area contributed by atoms with Gasteiger partial charge in [-0.25, -0.2) is 8.42 Å². The number of carbonyl (C=O) groups is 1. The largest absolute Gasteiger partial charge is 0.487 e. The second kappa shape index (κ2) is 7.53. The van der Waals surface area contributed by atoms with E-state index in [9.17, 15) is 13.2 Å². The Kier molecular flexibility index (Phi) is 5.87. The summed E-state index contributed by atoms with van der Waals surface area (Å²) in [5.74, 6) is 1.17. The molecule has 6 nitrogen and oxygen atoms in total. The molecule has 1 amide bonds. The van der Waals surface area contributed by atoms with Gasteiger partial charge in [0.05, 0.1) is 5.75 Å². The zero-order valence-corrected chi connectivity index (χ0v) is 15.3. The lowest BCUT2D eigenvalue weighted by molar-refractivity contribution is -0.105. The first-order valence-electron chi connectivity index (χ1n) is 8.23. The van der Waals surface area contributed by atoms with E-state index in [1.54, 1.807) is 13.0 Å². The van der Waals surface area contributed by atoms with Crippen molar-refractivity contribution in [1.82, 2.24) is 5.32 Å². The Morgan fingerprint density at radius 2 is 2.12 bits per heavy atom. The van der Waals surface area contributed by atoms with Crippen LogP contribution >= 0.6 is 0 Å². The third kappa shape index (κ3) is 4.95. The van der Waals surface area contributed by atoms with E-state index in [1.807, 2.05) is 26.0 Å². The monoisotopic (exact) mass is 354 g/mol. The van der Waals surface area contributed by atoms with E-state index >= 15 is 0 Å². The Hall–Kier alpha value is -1.60. The molecule has 0 bridgehead atoms. The van der Waals surface area contributed by atoms with Gasteiger partial charge in [-0.1, -0.05) is 6.92 Å². The molecule has 1 aromatic carbocycles. The maximum atomic E-state index is 11.6. The number of hydrogen-bond donors (Lipinski definition) is 2. The van der Waals surface area contributed by atoms with Crippen molar-refractivity contribution < 1.29 is 17.9 Å². The van der Waals surface area contributed by atoms with Gasteiger partial charge in [0.1, 0.15) is 21.2 Å². The molecule has 0 fully saturated rings. The summed E-state index contributed by atoms with van der Waals surface area (Å²) in [4.78, 5) is 10.6. The van der Waals surface area contributed by atoms with Gasteiger partial charge in [0.15, 0.2) is 0 Å². The van der Waals surface area contributed by atoms with Crippen molar-refractivity contribution in [3.8, 4) is 5.75 Å². The maximum absolute atomic E-state index is 11.6. The fraction of sp³-hybridized carbons (Fsp3) is 0.588. The van der Waals surface area contributed by atoms with Crippen LogP contribution in [-0.2, 0) is 14.6 Å². The normalized spacial score (nSPS) is 19.2. The van der Waals surface area contributed by atoms with Gasteiger partial charge in [0.25, 0.3) is 0 Å². The number of ether oxygens (including phenoxy) is 1. The van der Waals surface area contributed by atoms with E-state index < -0.39 is 9.84 Å². The zero-order chi connectivity index (χ0) is 17.8. The van der Waals surface area contributed by atoms with Gasteiger partial charge < -0.3 is 15.4 Å². The number of benzene rings is 1. The van der Waals surface area contributed by atoms with Crippen molar-refractivity contribution in [3.05, 3.63) is 23.8 Å². The van der Waals surface area contributed by atoms with E-state index in [-0.39, 0.29) is 23.1 Å². The highest BCUT2D eigenvalue weighted by molar-refractivity contribution is 7.91. The average molecular weight is 354 g/mol. The summed E-state index contributed by atoms with van der Waals surface area (Å²) >= 11 is 0. The van der Waals surface area contributed by atoms with Crippen LogP contribution in [0.2, 0.25) is 0 Å². The van der Waals surface area contributed by atoms with Gasteiger partial charge >= 0.3 is 0 Å². The molecule has 0 saturated heterocycles. The highest BCUT2D eigenvalue weighted by Crippen LogP contribution is 2.40. The number of hydrogen-bond acceptors (Lipinski definition) is 5. The van der Waals surface area contributed by atoms with Gasteiger partial charge in [0, 0.05) is 29.5 Å². The fourth-order valence-electron chi connectivity index (χ4n) is 2.91. The Bertz CT molecular complexity index is 686. The third-order valence-electron chi connectivity index (χ3n) is 4.16. The summed E-state index contributed by atoms with van der Waals surface area (Å²) < 4.78 is 29.2. The summed E-state index contributed by atoms with van der Waals surface area (Å²) in [6.07, 6.45) is 1.99. The minimum atomic E-state index is -2.93. The summed E-state index contributed by atoms with van der Waals surface area (Å²) in [6.45, 7) is 6.35. The first-order valence-corrected chi connectivity index (χ1v) is 10.1. The van der Waals surface area contributed by atoms with Crippen LogP contribution in [0.25, 0.3) is 0 Å². The van der Waals surface area contributed by atoms with Crippen LogP contribution < -0.4 is 15.4 Å². The number of nitrogens with one attached hydrogen (secondary N) is 2. The molecule has 0 saturated carbocycles. The van der Waals surface area contributed by atoms with Crippen LogP contribution in [0.1, 0.15) is 45.2 Å². The Morgan fingerprint density at radius 3 is 2.79 bits per heavy atom. The second-order valence-electron chi connectivity index (χ2n) is 6.68. The number of carbonyl (C=O) groups excluding carboxylic acids is 1. The highest BCUT2D eigenvalue weighted by Gasteiger charge is 2.33. The molecule has 1 aromatic rings. The van der Waals surface area contributed by atoms with E-state index in [4.69, 9.17) is 4.74 Å². The van der Waals surface area contributed by atoms with Crippen molar-refractivity contribution in [2.75, 3.05) is 23.4 Å². The topological polar surface area (TPSA) is 84.5 Å². The minimum absolute atomic E-state index is 0.0569. The minimum Gasteiger partial charge on any atom is -0.487 e. The molecule has 2 N–H and O–H groups in total. The summed E-state index contributed by atoms with van der Waals surface area (Å²) in [6, 6.07) is 5.62. The number of anilines is 1. The molecule has 0 spiro atoms. The van der Waals surface area contributed by atoms with Crippen molar-refractivity contribution >= 4 is 21.9 Å². The molecule has 0 aromatic heterocycles. The Morgan fingerprint density at radius 1 is 1.38 bits per heavy atom. The Labute approximate surface area is 143 Å². The van der Waals surface area contributed by atoms with E-state index in [0.29, 0.717) is 25.1 Å². The fourth-order valence-corrected chi connectivity index (χ4v) is 3.78. The molecule has 0 radical (unpaired) electrons. The lowest BCUT2D eigenvalue weighted by atomic mass is 9.89. The summed E-state index contributed by atoms with van der Waals surface area (Å²) in [5.41, 5.74) is 1.40. The molecule has 1 aliphatic rings. The molecule has 1 heterocycles. The molecular formula is C17H26N2O4S.